The third kappa shape index (κ3) is 2.93. The van der Waals surface area contributed by atoms with Gasteiger partial charge in [0.2, 0.25) is 0 Å². The molecule has 1 aliphatic rings. The Kier molecular flexibility index (Phi) is 4.70. The number of rotatable bonds is 1. The number of piperazine rings is 1. The van der Waals surface area contributed by atoms with Crippen LogP contribution in [0, 0.1) is 6.92 Å². The van der Waals surface area contributed by atoms with E-state index in [1.54, 1.807) is 6.20 Å². The van der Waals surface area contributed by atoms with Gasteiger partial charge >= 0.3 is 0 Å². The largest absolute Gasteiger partial charge is 0.335 e. The number of nitrogens with zero attached hydrogens (tertiary/aromatic N) is 2. The summed E-state index contributed by atoms with van der Waals surface area (Å²) in [5, 5.41) is 4.26. The molecule has 1 aromatic rings. The summed E-state index contributed by atoms with van der Waals surface area (Å²) < 4.78 is 0. The molecule has 0 saturated carbocycles. The molecule has 0 aliphatic carbocycles. The van der Waals surface area contributed by atoms with Crippen molar-refractivity contribution in [1.82, 2.24) is 15.2 Å². The first-order valence-electron chi connectivity index (χ1n) is 5.12. The van der Waals surface area contributed by atoms with Gasteiger partial charge in [-0.15, -0.1) is 23.7 Å². The smallest absolute Gasteiger partial charge is 0.265 e. The van der Waals surface area contributed by atoms with Crippen LogP contribution in [0.5, 0.6) is 0 Å². The molecule has 6 heteroatoms. The normalized spacial score (nSPS) is 20.4. The number of halogens is 1. The van der Waals surface area contributed by atoms with E-state index in [1.807, 2.05) is 11.8 Å². The average Bonchev–Trinajstić information content (AvgIpc) is 2.64. The van der Waals surface area contributed by atoms with Crippen molar-refractivity contribution >= 4 is 29.7 Å². The first-order chi connectivity index (χ1) is 7.16. The standard InChI is InChI=1S/C10H15N3OS.ClH/c1-7-6-13(4-3-11-7)10(14)9-5-12-8(2)15-9;/h5,7,11H,3-4,6H2,1-2H3;1H/t7-;/m0./s1. The number of aryl methyl sites for hydroxylation is 1. The Morgan fingerprint density at radius 1 is 1.69 bits per heavy atom. The highest BCUT2D eigenvalue weighted by Crippen LogP contribution is 2.15. The van der Waals surface area contributed by atoms with Crippen LogP contribution >= 0.6 is 23.7 Å². The first kappa shape index (κ1) is 13.4. The lowest BCUT2D eigenvalue weighted by Crippen LogP contribution is -2.51. The van der Waals surface area contributed by atoms with Crippen LogP contribution in [-0.2, 0) is 0 Å². The lowest BCUT2D eigenvalue weighted by molar-refractivity contribution is 0.0714. The maximum atomic E-state index is 12.0. The van der Waals surface area contributed by atoms with Crippen molar-refractivity contribution in [1.29, 1.82) is 0 Å². The quantitative estimate of drug-likeness (QED) is 0.829. The first-order valence-corrected chi connectivity index (χ1v) is 5.93. The van der Waals surface area contributed by atoms with Gasteiger partial charge in [-0.2, -0.15) is 0 Å². The predicted molar refractivity (Wildman–Crippen MR) is 67.5 cm³/mol. The summed E-state index contributed by atoms with van der Waals surface area (Å²) in [4.78, 5) is 18.8. The van der Waals surface area contributed by atoms with Crippen LogP contribution in [0.25, 0.3) is 0 Å². The van der Waals surface area contributed by atoms with E-state index in [1.165, 1.54) is 11.3 Å². The van der Waals surface area contributed by atoms with Gasteiger partial charge in [0, 0.05) is 25.7 Å². The second-order valence-electron chi connectivity index (χ2n) is 3.85. The fraction of sp³-hybridized carbons (Fsp3) is 0.600. The number of thiazole rings is 1. The fourth-order valence-electron chi connectivity index (χ4n) is 1.73. The Balaban J connectivity index is 0.00000128. The SMILES string of the molecule is Cc1ncc(C(=O)N2CCN[C@@H](C)C2)s1.Cl. The molecule has 1 N–H and O–H groups in total. The summed E-state index contributed by atoms with van der Waals surface area (Å²) in [6.07, 6.45) is 1.68. The molecule has 1 aromatic heterocycles. The molecule has 0 spiro atoms. The number of hydrogen-bond donors (Lipinski definition) is 1. The molecule has 1 fully saturated rings. The van der Waals surface area contributed by atoms with Gasteiger partial charge in [0.25, 0.3) is 5.91 Å². The lowest BCUT2D eigenvalue weighted by Gasteiger charge is -2.31. The average molecular weight is 262 g/mol. The van der Waals surface area contributed by atoms with Gasteiger partial charge in [0.15, 0.2) is 0 Å². The predicted octanol–water partition coefficient (Wildman–Crippen LogP) is 1.31. The Morgan fingerprint density at radius 3 is 3.00 bits per heavy atom. The maximum Gasteiger partial charge on any atom is 0.265 e. The molecule has 0 aromatic carbocycles. The van der Waals surface area contributed by atoms with Crippen molar-refractivity contribution < 1.29 is 4.79 Å². The Morgan fingerprint density at radius 2 is 2.44 bits per heavy atom. The highest BCUT2D eigenvalue weighted by atomic mass is 35.5. The third-order valence-corrected chi connectivity index (χ3v) is 3.39. The van der Waals surface area contributed by atoms with E-state index in [2.05, 4.69) is 17.2 Å². The van der Waals surface area contributed by atoms with E-state index in [9.17, 15) is 4.79 Å². The number of nitrogens with one attached hydrogen (secondary N) is 1. The fourth-order valence-corrected chi connectivity index (χ4v) is 2.48. The van der Waals surface area contributed by atoms with Crippen molar-refractivity contribution in [3.63, 3.8) is 0 Å². The van der Waals surface area contributed by atoms with Gasteiger partial charge < -0.3 is 10.2 Å². The van der Waals surface area contributed by atoms with Crippen molar-refractivity contribution in [2.75, 3.05) is 19.6 Å². The molecule has 0 bridgehead atoms. The minimum absolute atomic E-state index is 0. The van der Waals surface area contributed by atoms with Crippen LogP contribution in [0.1, 0.15) is 21.6 Å². The van der Waals surface area contributed by atoms with E-state index >= 15 is 0 Å². The summed E-state index contributed by atoms with van der Waals surface area (Å²) in [6, 6.07) is 0.386. The number of carbonyl (C=O) groups is 1. The van der Waals surface area contributed by atoms with Gasteiger partial charge in [0.05, 0.1) is 11.2 Å². The highest BCUT2D eigenvalue weighted by molar-refractivity contribution is 7.13. The molecule has 2 heterocycles. The summed E-state index contributed by atoms with van der Waals surface area (Å²) in [7, 11) is 0. The molecular formula is C10H16ClN3OS. The van der Waals surface area contributed by atoms with Gasteiger partial charge in [-0.1, -0.05) is 0 Å². The molecule has 1 saturated heterocycles. The van der Waals surface area contributed by atoms with Gasteiger partial charge in [-0.3, -0.25) is 4.79 Å². The summed E-state index contributed by atoms with van der Waals surface area (Å²) in [6.45, 7) is 6.47. The van der Waals surface area contributed by atoms with Crippen LogP contribution in [0.4, 0.5) is 0 Å². The Hall–Kier alpha value is -0.650. The van der Waals surface area contributed by atoms with Gasteiger partial charge in [0.1, 0.15) is 4.88 Å². The topological polar surface area (TPSA) is 45.2 Å². The number of amides is 1. The van der Waals surface area contributed by atoms with E-state index < -0.39 is 0 Å². The summed E-state index contributed by atoms with van der Waals surface area (Å²) in [5.74, 6) is 0.119. The lowest BCUT2D eigenvalue weighted by atomic mass is 10.2. The molecule has 90 valence electrons. The van der Waals surface area contributed by atoms with Gasteiger partial charge in [-0.05, 0) is 13.8 Å². The van der Waals surface area contributed by atoms with Crippen LogP contribution in [0.3, 0.4) is 0 Å². The monoisotopic (exact) mass is 261 g/mol. The van der Waals surface area contributed by atoms with E-state index in [0.29, 0.717) is 6.04 Å². The zero-order chi connectivity index (χ0) is 10.8. The molecule has 4 nitrogen and oxygen atoms in total. The highest BCUT2D eigenvalue weighted by Gasteiger charge is 2.22. The molecule has 0 unspecified atom stereocenters. The van der Waals surface area contributed by atoms with Crippen LogP contribution in [0.15, 0.2) is 6.20 Å². The number of aromatic nitrogens is 1. The van der Waals surface area contributed by atoms with Gasteiger partial charge in [-0.25, -0.2) is 4.98 Å². The minimum Gasteiger partial charge on any atom is -0.335 e. The van der Waals surface area contributed by atoms with E-state index in [0.717, 1.165) is 29.5 Å². The molecule has 1 amide bonds. The summed E-state index contributed by atoms with van der Waals surface area (Å²) >= 11 is 1.47. The van der Waals surface area contributed by atoms with Crippen LogP contribution in [-0.4, -0.2) is 41.5 Å². The Bertz CT molecular complexity index is 369. The molecule has 0 radical (unpaired) electrons. The Labute approximate surface area is 105 Å². The molecule has 16 heavy (non-hydrogen) atoms. The zero-order valence-corrected chi connectivity index (χ0v) is 11.0. The molecule has 2 rings (SSSR count). The number of carbonyl (C=O) groups excluding carboxylic acids is 1. The van der Waals surface area contributed by atoms with Crippen LogP contribution < -0.4 is 5.32 Å². The summed E-state index contributed by atoms with van der Waals surface area (Å²) in [5.41, 5.74) is 0. The van der Waals surface area contributed by atoms with Crippen molar-refractivity contribution in [3.8, 4) is 0 Å². The van der Waals surface area contributed by atoms with Crippen LogP contribution in [0.2, 0.25) is 0 Å². The van der Waals surface area contributed by atoms with E-state index in [4.69, 9.17) is 0 Å². The molecular weight excluding hydrogens is 246 g/mol. The van der Waals surface area contributed by atoms with Crippen molar-refractivity contribution in [3.05, 3.63) is 16.1 Å². The number of hydrogen-bond acceptors (Lipinski definition) is 4. The third-order valence-electron chi connectivity index (χ3n) is 2.49. The maximum absolute atomic E-state index is 12.0. The van der Waals surface area contributed by atoms with Crippen molar-refractivity contribution in [2.24, 2.45) is 0 Å². The van der Waals surface area contributed by atoms with Crippen molar-refractivity contribution in [2.45, 2.75) is 19.9 Å². The zero-order valence-electron chi connectivity index (χ0n) is 9.40. The minimum atomic E-state index is 0. The molecule has 1 atom stereocenters. The second-order valence-corrected chi connectivity index (χ2v) is 5.08. The second kappa shape index (κ2) is 5.61. The molecule has 1 aliphatic heterocycles. The van der Waals surface area contributed by atoms with E-state index in [-0.39, 0.29) is 18.3 Å².